The van der Waals surface area contributed by atoms with Crippen LogP contribution in [-0.2, 0) is 12.8 Å². The molecule has 4 rings (SSSR count). The average molecular weight is 435 g/mol. The number of aryl methyl sites for hydroxylation is 2. The molecule has 4 aromatic rings. The minimum absolute atomic E-state index is 0.113. The van der Waals surface area contributed by atoms with Gasteiger partial charge in [-0.1, -0.05) is 0 Å². The molecule has 0 bridgehead atoms. The highest BCUT2D eigenvalue weighted by molar-refractivity contribution is 5.53. The minimum Gasteiger partial charge on any atom is -0.497 e. The lowest BCUT2D eigenvalue weighted by atomic mass is 10.1. The maximum Gasteiger partial charge on any atom is 0.225 e. The second-order valence-corrected chi connectivity index (χ2v) is 7.12. The number of hydrogen-bond donors (Lipinski definition) is 3. The van der Waals surface area contributed by atoms with Gasteiger partial charge in [0.05, 0.1) is 26.5 Å². The summed E-state index contributed by atoms with van der Waals surface area (Å²) in [5.74, 6) is 4.12. The molecular weight excluding hydrogens is 410 g/mol. The highest BCUT2D eigenvalue weighted by Crippen LogP contribution is 2.25. The van der Waals surface area contributed by atoms with Gasteiger partial charge >= 0.3 is 0 Å². The average Bonchev–Trinajstić information content (AvgIpc) is 3.50. The number of H-pyrrole nitrogens is 1. The van der Waals surface area contributed by atoms with Gasteiger partial charge in [0.15, 0.2) is 12.2 Å². The van der Waals surface area contributed by atoms with E-state index in [0.717, 1.165) is 35.6 Å². The van der Waals surface area contributed by atoms with Crippen LogP contribution < -0.4 is 20.1 Å². The molecular formula is C22H25N7O3. The maximum atomic E-state index is 5.46. The first-order valence-corrected chi connectivity index (χ1v) is 10.1. The minimum atomic E-state index is -0.113. The van der Waals surface area contributed by atoms with E-state index in [9.17, 15) is 0 Å². The number of nitrogens with zero attached hydrogens (tertiary/aromatic N) is 4. The van der Waals surface area contributed by atoms with Crippen molar-refractivity contribution in [2.45, 2.75) is 25.8 Å². The summed E-state index contributed by atoms with van der Waals surface area (Å²) in [5, 5.41) is 13.8. The highest BCUT2D eigenvalue weighted by atomic mass is 16.5. The van der Waals surface area contributed by atoms with E-state index in [4.69, 9.17) is 13.9 Å². The predicted molar refractivity (Wildman–Crippen MR) is 119 cm³/mol. The topological polar surface area (TPSA) is 123 Å². The van der Waals surface area contributed by atoms with Gasteiger partial charge in [0.25, 0.3) is 0 Å². The summed E-state index contributed by atoms with van der Waals surface area (Å²) in [6, 6.07) is 9.41. The lowest BCUT2D eigenvalue weighted by Crippen LogP contribution is -2.09. The summed E-state index contributed by atoms with van der Waals surface area (Å²) in [7, 11) is 3.32. The SMILES string of the molecule is COc1ccc(OC)c(CCc2cc(Nc3ccnc(NC(C)c4cnco4)n3)n[nH]2)c1. The fraction of sp³-hybridized carbons (Fsp3) is 0.273. The number of methoxy groups -OCH3 is 2. The molecule has 0 saturated carbocycles. The number of oxazole rings is 1. The Morgan fingerprint density at radius 1 is 1.09 bits per heavy atom. The van der Waals surface area contributed by atoms with Crippen LogP contribution in [0.3, 0.4) is 0 Å². The van der Waals surface area contributed by atoms with E-state index in [2.05, 4.69) is 35.8 Å². The number of benzene rings is 1. The highest BCUT2D eigenvalue weighted by Gasteiger charge is 2.11. The second-order valence-electron chi connectivity index (χ2n) is 7.12. The first-order chi connectivity index (χ1) is 15.6. The Hall–Kier alpha value is -4.08. The van der Waals surface area contributed by atoms with Crippen molar-refractivity contribution >= 4 is 17.6 Å². The van der Waals surface area contributed by atoms with Gasteiger partial charge in [-0.05, 0) is 49.6 Å². The predicted octanol–water partition coefficient (Wildman–Crippen LogP) is 3.91. The number of nitrogens with one attached hydrogen (secondary N) is 3. The Kier molecular flexibility index (Phi) is 6.49. The van der Waals surface area contributed by atoms with E-state index in [1.165, 1.54) is 6.39 Å². The molecule has 0 radical (unpaired) electrons. The molecule has 0 aliphatic heterocycles. The second kappa shape index (κ2) is 9.82. The monoisotopic (exact) mass is 435 g/mol. The molecule has 166 valence electrons. The Bertz CT molecular complexity index is 1140. The van der Waals surface area contributed by atoms with Crippen molar-refractivity contribution < 1.29 is 13.9 Å². The zero-order valence-corrected chi connectivity index (χ0v) is 18.1. The van der Waals surface area contributed by atoms with Crippen LogP contribution in [0.25, 0.3) is 0 Å². The quantitative estimate of drug-likeness (QED) is 0.340. The summed E-state index contributed by atoms with van der Waals surface area (Å²) >= 11 is 0. The van der Waals surface area contributed by atoms with Gasteiger partial charge in [0.1, 0.15) is 23.1 Å². The van der Waals surface area contributed by atoms with Crippen molar-refractivity contribution in [2.75, 3.05) is 24.9 Å². The zero-order chi connectivity index (χ0) is 22.3. The van der Waals surface area contributed by atoms with E-state index in [-0.39, 0.29) is 6.04 Å². The smallest absolute Gasteiger partial charge is 0.225 e. The van der Waals surface area contributed by atoms with Crippen LogP contribution in [0.1, 0.15) is 30.0 Å². The summed E-state index contributed by atoms with van der Waals surface area (Å²) in [6.07, 6.45) is 6.28. The molecule has 1 atom stereocenters. The fourth-order valence-corrected chi connectivity index (χ4v) is 3.23. The first-order valence-electron chi connectivity index (χ1n) is 10.1. The summed E-state index contributed by atoms with van der Waals surface area (Å²) < 4.78 is 16.1. The largest absolute Gasteiger partial charge is 0.497 e. The van der Waals surface area contributed by atoms with E-state index in [1.807, 2.05) is 31.2 Å². The molecule has 10 heteroatoms. The van der Waals surface area contributed by atoms with Crippen molar-refractivity contribution in [3.63, 3.8) is 0 Å². The van der Waals surface area contributed by atoms with Crippen LogP contribution in [0, 0.1) is 0 Å². The Morgan fingerprint density at radius 3 is 2.78 bits per heavy atom. The molecule has 0 fully saturated rings. The molecule has 0 aliphatic carbocycles. The van der Waals surface area contributed by atoms with E-state index in [1.54, 1.807) is 32.7 Å². The number of hydrogen-bond acceptors (Lipinski definition) is 9. The van der Waals surface area contributed by atoms with Crippen molar-refractivity contribution in [1.29, 1.82) is 0 Å². The number of ether oxygens (including phenoxy) is 2. The molecule has 3 heterocycles. The van der Waals surface area contributed by atoms with Gasteiger partial charge in [-0.3, -0.25) is 5.10 Å². The lowest BCUT2D eigenvalue weighted by molar-refractivity contribution is 0.398. The number of aromatic amines is 1. The van der Waals surface area contributed by atoms with Gasteiger partial charge in [-0.2, -0.15) is 10.1 Å². The van der Waals surface area contributed by atoms with Gasteiger partial charge in [0.2, 0.25) is 5.95 Å². The molecule has 10 nitrogen and oxygen atoms in total. The molecule has 32 heavy (non-hydrogen) atoms. The van der Waals surface area contributed by atoms with Crippen molar-refractivity contribution in [3.8, 4) is 11.5 Å². The molecule has 3 aromatic heterocycles. The zero-order valence-electron chi connectivity index (χ0n) is 18.1. The first kappa shape index (κ1) is 21.2. The fourth-order valence-electron chi connectivity index (χ4n) is 3.23. The third-order valence-electron chi connectivity index (χ3n) is 4.92. The van der Waals surface area contributed by atoms with Gasteiger partial charge in [0, 0.05) is 18.0 Å². The van der Waals surface area contributed by atoms with Crippen LogP contribution in [0.15, 0.2) is 53.5 Å². The normalized spacial score (nSPS) is 11.7. The van der Waals surface area contributed by atoms with Crippen molar-refractivity contribution in [3.05, 3.63) is 66.1 Å². The number of rotatable bonds is 10. The molecule has 1 aromatic carbocycles. The standard InChI is InChI=1S/C22H25N7O3/c1-14(19-12-23-13-32-19)25-22-24-9-8-20(27-22)26-21-11-16(28-29-21)5-4-15-10-17(30-2)6-7-18(15)31-3/h6-14H,4-5H2,1-3H3,(H3,24,25,26,27,28,29). The molecule has 0 aliphatic rings. The molecule has 1 unspecified atom stereocenters. The van der Waals surface area contributed by atoms with E-state index >= 15 is 0 Å². The van der Waals surface area contributed by atoms with Crippen LogP contribution in [0.5, 0.6) is 11.5 Å². The van der Waals surface area contributed by atoms with E-state index < -0.39 is 0 Å². The lowest BCUT2D eigenvalue weighted by Gasteiger charge is -2.11. The summed E-state index contributed by atoms with van der Waals surface area (Å²) in [5.41, 5.74) is 2.06. The number of anilines is 3. The van der Waals surface area contributed by atoms with E-state index in [0.29, 0.717) is 23.3 Å². The summed E-state index contributed by atoms with van der Waals surface area (Å²) in [4.78, 5) is 12.7. The van der Waals surface area contributed by atoms with Crippen LogP contribution in [-0.4, -0.2) is 39.4 Å². The molecule has 3 N–H and O–H groups in total. The van der Waals surface area contributed by atoms with Crippen molar-refractivity contribution in [1.82, 2.24) is 25.1 Å². The molecule has 0 spiro atoms. The van der Waals surface area contributed by atoms with Crippen LogP contribution in [0.4, 0.5) is 17.6 Å². The maximum absolute atomic E-state index is 5.46. The Morgan fingerprint density at radius 2 is 2.00 bits per heavy atom. The third-order valence-corrected chi connectivity index (χ3v) is 4.92. The van der Waals surface area contributed by atoms with Gasteiger partial charge in [-0.15, -0.1) is 0 Å². The molecule has 0 saturated heterocycles. The number of aromatic nitrogens is 5. The van der Waals surface area contributed by atoms with Crippen LogP contribution in [0.2, 0.25) is 0 Å². The van der Waals surface area contributed by atoms with Gasteiger partial charge in [-0.25, -0.2) is 9.97 Å². The Labute approximate surface area is 185 Å². The van der Waals surface area contributed by atoms with Crippen LogP contribution >= 0.6 is 0 Å². The summed E-state index contributed by atoms with van der Waals surface area (Å²) in [6.45, 7) is 1.95. The van der Waals surface area contributed by atoms with Gasteiger partial charge < -0.3 is 24.5 Å². The molecule has 0 amide bonds. The van der Waals surface area contributed by atoms with Crippen molar-refractivity contribution in [2.24, 2.45) is 0 Å². The third kappa shape index (κ3) is 5.15. The Balaban J connectivity index is 1.37.